The molecule has 0 aliphatic heterocycles. The topological polar surface area (TPSA) is 52.7 Å². The summed E-state index contributed by atoms with van der Waals surface area (Å²) >= 11 is 0. The molecule has 0 aliphatic rings. The van der Waals surface area contributed by atoms with Gasteiger partial charge in [-0.2, -0.15) is 19.6 Å². The lowest BCUT2D eigenvalue weighted by molar-refractivity contribution is 0.237. The highest BCUT2D eigenvalue weighted by Crippen LogP contribution is 2.18. The predicted octanol–water partition coefficient (Wildman–Crippen LogP) is 2.67. The molecule has 2 heterocycles. The summed E-state index contributed by atoms with van der Waals surface area (Å²) < 4.78 is 2.83. The van der Waals surface area contributed by atoms with Crippen molar-refractivity contribution in [2.75, 3.05) is 0 Å². The molecule has 19 heavy (non-hydrogen) atoms. The first kappa shape index (κ1) is 13.5. The van der Waals surface area contributed by atoms with Crippen LogP contribution < -0.4 is 0 Å². The zero-order valence-electron chi connectivity index (χ0n) is 11.8. The fourth-order valence-corrected chi connectivity index (χ4v) is 2.36. The van der Waals surface area contributed by atoms with E-state index in [1.165, 1.54) is 14.9 Å². The first-order chi connectivity index (χ1) is 9.22. The molecule has 5 heteroatoms. The maximum absolute atomic E-state index is 12.4. The average molecular weight is 260 g/mol. The molecule has 0 aromatic carbocycles. The van der Waals surface area contributed by atoms with E-state index in [2.05, 4.69) is 31.0 Å². The number of carbonyl (C=O) groups excluding carboxylic acids is 1. The third kappa shape index (κ3) is 2.45. The van der Waals surface area contributed by atoms with Crippen molar-refractivity contribution in [1.82, 2.24) is 19.6 Å². The minimum absolute atomic E-state index is 0.209. The van der Waals surface area contributed by atoms with Crippen molar-refractivity contribution in [3.63, 3.8) is 0 Å². The van der Waals surface area contributed by atoms with Gasteiger partial charge in [-0.1, -0.05) is 27.2 Å². The van der Waals surface area contributed by atoms with Crippen LogP contribution in [-0.4, -0.2) is 25.6 Å². The Morgan fingerprint density at radius 3 is 2.58 bits per heavy atom. The Morgan fingerprint density at radius 2 is 2.05 bits per heavy atom. The second kappa shape index (κ2) is 5.82. The molecule has 102 valence electrons. The number of rotatable bonds is 4. The first-order valence-electron chi connectivity index (χ1n) is 6.86. The fraction of sp³-hybridized carbons (Fsp3) is 0.500. The number of aromatic nitrogens is 4. The van der Waals surface area contributed by atoms with Crippen LogP contribution in [0.3, 0.4) is 0 Å². The molecule has 0 aliphatic carbocycles. The van der Waals surface area contributed by atoms with E-state index in [-0.39, 0.29) is 6.03 Å². The van der Waals surface area contributed by atoms with Gasteiger partial charge in [-0.3, -0.25) is 0 Å². The van der Waals surface area contributed by atoms with Crippen molar-refractivity contribution >= 4 is 6.03 Å². The number of aryl methyl sites for hydroxylation is 1. The van der Waals surface area contributed by atoms with Gasteiger partial charge in [0.2, 0.25) is 0 Å². The Hall–Kier alpha value is -1.91. The fourth-order valence-electron chi connectivity index (χ4n) is 2.36. The first-order valence-corrected chi connectivity index (χ1v) is 6.86. The summed E-state index contributed by atoms with van der Waals surface area (Å²) in [5.74, 6) is 0. The number of carbonyl (C=O) groups is 1. The summed E-state index contributed by atoms with van der Waals surface area (Å²) in [5.41, 5.74) is 3.27. The second-order valence-electron chi connectivity index (χ2n) is 4.47. The average Bonchev–Trinajstić information content (AvgIpc) is 3.05. The van der Waals surface area contributed by atoms with Crippen LogP contribution in [0.1, 0.15) is 44.1 Å². The van der Waals surface area contributed by atoms with Crippen LogP contribution >= 0.6 is 0 Å². The lowest BCUT2D eigenvalue weighted by Gasteiger charge is -2.05. The van der Waals surface area contributed by atoms with Crippen molar-refractivity contribution in [3.05, 3.63) is 35.4 Å². The van der Waals surface area contributed by atoms with Gasteiger partial charge in [-0.05, 0) is 30.9 Å². The van der Waals surface area contributed by atoms with Crippen molar-refractivity contribution in [3.8, 4) is 0 Å². The molecule has 0 radical (unpaired) electrons. The summed E-state index contributed by atoms with van der Waals surface area (Å²) in [4.78, 5) is 12.4. The van der Waals surface area contributed by atoms with Crippen LogP contribution in [0.25, 0.3) is 0 Å². The van der Waals surface area contributed by atoms with Crippen LogP contribution in [0, 0.1) is 0 Å². The van der Waals surface area contributed by atoms with Gasteiger partial charge in [0.15, 0.2) is 0 Å². The smallest absolute Gasteiger partial charge is 0.244 e. The zero-order chi connectivity index (χ0) is 13.8. The van der Waals surface area contributed by atoms with E-state index in [9.17, 15) is 4.79 Å². The Bertz CT molecular complexity index is 554. The van der Waals surface area contributed by atoms with Crippen molar-refractivity contribution in [2.24, 2.45) is 0 Å². The molecule has 0 bridgehead atoms. The third-order valence-corrected chi connectivity index (χ3v) is 3.22. The summed E-state index contributed by atoms with van der Waals surface area (Å²) in [6, 6.07) is 1.53. The zero-order valence-corrected chi connectivity index (χ0v) is 11.8. The molecular weight excluding hydrogens is 240 g/mol. The Labute approximate surface area is 113 Å². The Kier molecular flexibility index (Phi) is 4.14. The highest BCUT2D eigenvalue weighted by Gasteiger charge is 2.20. The van der Waals surface area contributed by atoms with Gasteiger partial charge in [-0.15, -0.1) is 0 Å². The minimum Gasteiger partial charge on any atom is -0.244 e. The van der Waals surface area contributed by atoms with Crippen LogP contribution in [0.5, 0.6) is 0 Å². The summed E-state index contributed by atoms with van der Waals surface area (Å²) in [7, 11) is 0. The van der Waals surface area contributed by atoms with E-state index in [4.69, 9.17) is 0 Å². The molecule has 0 amide bonds. The Morgan fingerprint density at radius 1 is 1.26 bits per heavy atom. The largest absolute Gasteiger partial charge is 0.369 e. The van der Waals surface area contributed by atoms with Crippen LogP contribution in [0.15, 0.2) is 18.5 Å². The van der Waals surface area contributed by atoms with Gasteiger partial charge in [0.1, 0.15) is 0 Å². The molecule has 0 saturated heterocycles. The molecule has 2 rings (SSSR count). The molecule has 0 saturated carbocycles. The van der Waals surface area contributed by atoms with Crippen LogP contribution in [0.2, 0.25) is 0 Å². The molecule has 2 aromatic heterocycles. The molecule has 2 aromatic rings. The highest BCUT2D eigenvalue weighted by atomic mass is 16.2. The lowest BCUT2D eigenvalue weighted by Crippen LogP contribution is -2.23. The molecule has 0 N–H and O–H groups in total. The monoisotopic (exact) mass is 260 g/mol. The van der Waals surface area contributed by atoms with E-state index in [0.29, 0.717) is 0 Å². The standard InChI is InChI=1S/C14H20N4O/c1-4-8-11-12(5-2)16-18(13(11)6-3)14(19)17-10-7-9-15-17/h7,9-10H,4-6,8H2,1-3H3. The predicted molar refractivity (Wildman–Crippen MR) is 73.4 cm³/mol. The molecule has 0 unspecified atom stereocenters. The third-order valence-electron chi connectivity index (χ3n) is 3.22. The minimum atomic E-state index is -0.209. The van der Waals surface area contributed by atoms with Gasteiger partial charge < -0.3 is 0 Å². The van der Waals surface area contributed by atoms with Crippen LogP contribution in [-0.2, 0) is 19.3 Å². The summed E-state index contributed by atoms with van der Waals surface area (Å²) in [6.07, 6.45) is 6.92. The molecule has 0 spiro atoms. The van der Waals surface area contributed by atoms with Gasteiger partial charge >= 0.3 is 6.03 Å². The number of hydrogen-bond acceptors (Lipinski definition) is 3. The number of hydrogen-bond donors (Lipinski definition) is 0. The van der Waals surface area contributed by atoms with Gasteiger partial charge in [0.25, 0.3) is 0 Å². The van der Waals surface area contributed by atoms with E-state index in [1.54, 1.807) is 18.5 Å². The second-order valence-corrected chi connectivity index (χ2v) is 4.47. The molecule has 0 fully saturated rings. The van der Waals surface area contributed by atoms with Crippen LogP contribution in [0.4, 0.5) is 4.79 Å². The van der Waals surface area contributed by atoms with E-state index in [0.717, 1.165) is 37.1 Å². The van der Waals surface area contributed by atoms with Gasteiger partial charge in [-0.25, -0.2) is 4.79 Å². The molecule has 0 atom stereocenters. The highest BCUT2D eigenvalue weighted by molar-refractivity contribution is 5.78. The maximum atomic E-state index is 12.4. The normalized spacial score (nSPS) is 10.9. The quantitative estimate of drug-likeness (QED) is 0.849. The van der Waals surface area contributed by atoms with E-state index in [1.807, 2.05) is 0 Å². The SMILES string of the molecule is CCCc1c(CC)nn(C(=O)n2cccn2)c1CC. The molecular formula is C14H20N4O. The summed E-state index contributed by atoms with van der Waals surface area (Å²) in [5, 5.41) is 8.47. The van der Waals surface area contributed by atoms with Gasteiger partial charge in [0, 0.05) is 12.4 Å². The van der Waals surface area contributed by atoms with Crippen molar-refractivity contribution in [1.29, 1.82) is 0 Å². The summed E-state index contributed by atoms with van der Waals surface area (Å²) in [6.45, 7) is 6.28. The number of nitrogens with zero attached hydrogens (tertiary/aromatic N) is 4. The van der Waals surface area contributed by atoms with Crippen molar-refractivity contribution < 1.29 is 4.79 Å². The van der Waals surface area contributed by atoms with Gasteiger partial charge in [0.05, 0.1) is 11.4 Å². The Balaban J connectivity index is 2.48. The lowest BCUT2D eigenvalue weighted by atomic mass is 10.0. The van der Waals surface area contributed by atoms with E-state index >= 15 is 0 Å². The maximum Gasteiger partial charge on any atom is 0.369 e. The molecule has 5 nitrogen and oxygen atoms in total. The van der Waals surface area contributed by atoms with Crippen molar-refractivity contribution in [2.45, 2.75) is 46.5 Å². The van der Waals surface area contributed by atoms with E-state index < -0.39 is 0 Å².